The molecule has 1 N–H and O–H groups in total. The van der Waals surface area contributed by atoms with Crippen LogP contribution in [-0.4, -0.2) is 20.1 Å². The Balaban J connectivity index is 2.79. The van der Waals surface area contributed by atoms with Gasteiger partial charge in [0, 0.05) is 6.54 Å². The summed E-state index contributed by atoms with van der Waals surface area (Å²) in [5, 5.41) is 3.63. The molecule has 16 heavy (non-hydrogen) atoms. The topological polar surface area (TPSA) is 72.2 Å². The maximum Gasteiger partial charge on any atom is 0.245 e. The van der Waals surface area contributed by atoms with Crippen LogP contribution < -0.4 is 4.72 Å². The van der Waals surface area contributed by atoms with Crippen LogP contribution in [-0.2, 0) is 10.0 Å². The van der Waals surface area contributed by atoms with Crippen LogP contribution in [0, 0.1) is 19.8 Å². The molecule has 0 saturated heterocycles. The Morgan fingerprint density at radius 1 is 1.38 bits per heavy atom. The van der Waals surface area contributed by atoms with Crippen LogP contribution in [0.25, 0.3) is 0 Å². The Labute approximate surface area is 96.3 Å². The van der Waals surface area contributed by atoms with Gasteiger partial charge in [0.2, 0.25) is 10.0 Å². The molecule has 6 heteroatoms. The Kier molecular flexibility index (Phi) is 4.09. The minimum absolute atomic E-state index is 0.163. The van der Waals surface area contributed by atoms with E-state index in [0.29, 0.717) is 23.9 Å². The van der Waals surface area contributed by atoms with Crippen LogP contribution in [0.3, 0.4) is 0 Å². The molecule has 1 heterocycles. The number of hydrogen-bond donors (Lipinski definition) is 1. The third-order valence-electron chi connectivity index (χ3n) is 2.25. The second-order valence-corrected chi connectivity index (χ2v) is 5.94. The normalized spacial score (nSPS) is 12.3. The lowest BCUT2D eigenvalue weighted by Crippen LogP contribution is -2.26. The van der Waals surface area contributed by atoms with Crippen molar-refractivity contribution in [1.82, 2.24) is 9.88 Å². The van der Waals surface area contributed by atoms with E-state index < -0.39 is 10.0 Å². The van der Waals surface area contributed by atoms with Crippen molar-refractivity contribution in [3.63, 3.8) is 0 Å². The molecule has 0 fully saturated rings. The zero-order valence-electron chi connectivity index (χ0n) is 10.1. The number of nitrogens with one attached hydrogen (secondary N) is 1. The van der Waals surface area contributed by atoms with Crippen molar-refractivity contribution in [2.75, 3.05) is 6.54 Å². The van der Waals surface area contributed by atoms with E-state index in [2.05, 4.69) is 9.88 Å². The fraction of sp³-hybridized carbons (Fsp3) is 0.700. The summed E-state index contributed by atoms with van der Waals surface area (Å²) in [6.45, 7) is 7.74. The predicted octanol–water partition coefficient (Wildman–Crippen LogP) is 1.62. The number of rotatable bonds is 5. The second-order valence-electron chi connectivity index (χ2n) is 4.23. The molecule has 0 atom stereocenters. The van der Waals surface area contributed by atoms with Crippen LogP contribution >= 0.6 is 0 Å². The Morgan fingerprint density at radius 2 is 2.00 bits per heavy atom. The Hall–Kier alpha value is -0.880. The maximum atomic E-state index is 11.9. The van der Waals surface area contributed by atoms with E-state index in [1.165, 1.54) is 0 Å². The zero-order valence-corrected chi connectivity index (χ0v) is 10.9. The minimum Gasteiger partial charge on any atom is -0.360 e. The molecule has 5 nitrogen and oxygen atoms in total. The molecule has 1 aromatic heterocycles. The Morgan fingerprint density at radius 3 is 2.44 bits per heavy atom. The third kappa shape index (κ3) is 3.05. The lowest BCUT2D eigenvalue weighted by molar-refractivity contribution is 0.390. The van der Waals surface area contributed by atoms with Crippen LogP contribution in [0.1, 0.15) is 31.7 Å². The van der Waals surface area contributed by atoms with E-state index in [1.54, 1.807) is 13.8 Å². The van der Waals surface area contributed by atoms with Crippen LogP contribution in [0.5, 0.6) is 0 Å². The summed E-state index contributed by atoms with van der Waals surface area (Å²) >= 11 is 0. The van der Waals surface area contributed by atoms with Gasteiger partial charge in [-0.3, -0.25) is 0 Å². The van der Waals surface area contributed by atoms with Gasteiger partial charge in [-0.1, -0.05) is 19.0 Å². The summed E-state index contributed by atoms with van der Waals surface area (Å²) in [6, 6.07) is 0. The highest BCUT2D eigenvalue weighted by Gasteiger charge is 2.23. The van der Waals surface area contributed by atoms with Crippen LogP contribution in [0.2, 0.25) is 0 Å². The summed E-state index contributed by atoms with van der Waals surface area (Å²) in [5.41, 5.74) is 0.398. The van der Waals surface area contributed by atoms with Gasteiger partial charge < -0.3 is 4.52 Å². The monoisotopic (exact) mass is 246 g/mol. The van der Waals surface area contributed by atoms with Gasteiger partial charge in [-0.05, 0) is 26.2 Å². The molecule has 1 aromatic rings. The molecule has 0 aliphatic carbocycles. The van der Waals surface area contributed by atoms with Gasteiger partial charge in [0.05, 0.1) is 0 Å². The molecule has 0 aromatic carbocycles. The van der Waals surface area contributed by atoms with Gasteiger partial charge in [-0.15, -0.1) is 0 Å². The standard InChI is InChI=1S/C10H18N2O3S/c1-7(2)5-6-11-16(13,14)10-8(3)12-15-9(10)4/h7,11H,5-6H2,1-4H3. The molecule has 1 rings (SSSR count). The van der Waals surface area contributed by atoms with E-state index in [0.717, 1.165) is 6.42 Å². The molecule has 0 amide bonds. The molecule has 0 bridgehead atoms. The first-order valence-electron chi connectivity index (χ1n) is 5.27. The predicted molar refractivity (Wildman–Crippen MR) is 60.6 cm³/mol. The summed E-state index contributed by atoms with van der Waals surface area (Å²) < 4.78 is 31.2. The average Bonchev–Trinajstić information content (AvgIpc) is 2.45. The smallest absolute Gasteiger partial charge is 0.245 e. The molecular weight excluding hydrogens is 228 g/mol. The highest BCUT2D eigenvalue weighted by atomic mass is 32.2. The fourth-order valence-corrected chi connectivity index (χ4v) is 2.79. The first kappa shape index (κ1) is 13.2. The number of aromatic nitrogens is 1. The van der Waals surface area contributed by atoms with Crippen molar-refractivity contribution in [1.29, 1.82) is 0 Å². The number of aryl methyl sites for hydroxylation is 2. The number of sulfonamides is 1. The largest absolute Gasteiger partial charge is 0.360 e. The Bertz CT molecular complexity index is 429. The SMILES string of the molecule is Cc1noc(C)c1S(=O)(=O)NCCC(C)C. The summed E-state index contributed by atoms with van der Waals surface area (Å²) in [4.78, 5) is 0.163. The average molecular weight is 246 g/mol. The number of hydrogen-bond acceptors (Lipinski definition) is 4. The molecule has 0 spiro atoms. The highest BCUT2D eigenvalue weighted by Crippen LogP contribution is 2.18. The summed E-state index contributed by atoms with van der Waals surface area (Å²) in [7, 11) is -3.48. The van der Waals surface area contributed by atoms with E-state index in [9.17, 15) is 8.42 Å². The lowest BCUT2D eigenvalue weighted by atomic mass is 10.1. The quantitative estimate of drug-likeness (QED) is 0.856. The first-order chi connectivity index (χ1) is 7.34. The summed E-state index contributed by atoms with van der Waals surface area (Å²) in [5.74, 6) is 0.793. The van der Waals surface area contributed by atoms with E-state index in [1.807, 2.05) is 13.8 Å². The lowest BCUT2D eigenvalue weighted by Gasteiger charge is -2.07. The summed E-state index contributed by atoms with van der Waals surface area (Å²) in [6.07, 6.45) is 0.808. The van der Waals surface area contributed by atoms with Gasteiger partial charge in [0.25, 0.3) is 0 Å². The molecule has 0 saturated carbocycles. The van der Waals surface area contributed by atoms with Crippen molar-refractivity contribution in [2.45, 2.75) is 39.0 Å². The van der Waals surface area contributed by atoms with E-state index in [-0.39, 0.29) is 4.90 Å². The third-order valence-corrected chi connectivity index (χ3v) is 3.95. The van der Waals surface area contributed by atoms with Crippen molar-refractivity contribution in [3.05, 3.63) is 11.5 Å². The molecule has 0 unspecified atom stereocenters. The van der Waals surface area contributed by atoms with Crippen molar-refractivity contribution in [2.24, 2.45) is 5.92 Å². The maximum absolute atomic E-state index is 11.9. The first-order valence-corrected chi connectivity index (χ1v) is 6.75. The molecule has 0 aliphatic heterocycles. The van der Waals surface area contributed by atoms with Crippen molar-refractivity contribution >= 4 is 10.0 Å². The van der Waals surface area contributed by atoms with E-state index >= 15 is 0 Å². The molecule has 92 valence electrons. The van der Waals surface area contributed by atoms with Gasteiger partial charge in [-0.25, -0.2) is 13.1 Å². The van der Waals surface area contributed by atoms with Crippen LogP contribution in [0.15, 0.2) is 9.42 Å². The minimum atomic E-state index is -3.48. The molecule has 0 radical (unpaired) electrons. The van der Waals surface area contributed by atoms with Crippen molar-refractivity contribution in [3.8, 4) is 0 Å². The molecule has 0 aliphatic rings. The van der Waals surface area contributed by atoms with Gasteiger partial charge in [-0.2, -0.15) is 0 Å². The zero-order chi connectivity index (χ0) is 12.3. The van der Waals surface area contributed by atoms with Crippen molar-refractivity contribution < 1.29 is 12.9 Å². The highest BCUT2D eigenvalue weighted by molar-refractivity contribution is 7.89. The van der Waals surface area contributed by atoms with Crippen LogP contribution in [0.4, 0.5) is 0 Å². The molecular formula is C10H18N2O3S. The fourth-order valence-electron chi connectivity index (χ4n) is 1.41. The van der Waals surface area contributed by atoms with E-state index in [4.69, 9.17) is 4.52 Å². The number of nitrogens with zero attached hydrogens (tertiary/aromatic N) is 1. The van der Waals surface area contributed by atoms with Gasteiger partial charge in [0.1, 0.15) is 10.6 Å². The van der Waals surface area contributed by atoms with Gasteiger partial charge >= 0.3 is 0 Å². The van der Waals surface area contributed by atoms with Gasteiger partial charge in [0.15, 0.2) is 5.76 Å². The second kappa shape index (κ2) is 4.97.